The van der Waals surface area contributed by atoms with E-state index < -0.39 is 11.5 Å². The maximum absolute atomic E-state index is 13.7. The average molecular weight is 635 g/mol. The normalized spacial score (nSPS) is 19.5. The molecular formula is C42H66O4. The fourth-order valence-electron chi connectivity index (χ4n) is 5.68. The first-order valence-electron chi connectivity index (χ1n) is 17.4. The number of rotatable bonds is 18. The number of Topliss-reactive ketones (excluding diaryl/α,β-unsaturated/α-hetero) is 1. The van der Waals surface area contributed by atoms with Crippen molar-refractivity contribution in [1.29, 1.82) is 0 Å². The highest BCUT2D eigenvalue weighted by atomic mass is 16.3. The minimum absolute atomic E-state index is 0.00942. The van der Waals surface area contributed by atoms with Gasteiger partial charge in [0.2, 0.25) is 0 Å². The van der Waals surface area contributed by atoms with E-state index in [-0.39, 0.29) is 41.6 Å². The number of aliphatic hydroxyl groups excluding tert-OH is 3. The molecule has 2 atom stereocenters. The minimum atomic E-state index is -1.34. The van der Waals surface area contributed by atoms with E-state index in [1.165, 1.54) is 33.4 Å². The van der Waals surface area contributed by atoms with E-state index in [1.807, 2.05) is 19.9 Å². The Hall–Kier alpha value is -2.85. The van der Waals surface area contributed by atoms with Crippen LogP contribution in [0.15, 0.2) is 92.1 Å². The zero-order valence-corrected chi connectivity index (χ0v) is 31.4. The molecule has 0 heterocycles. The van der Waals surface area contributed by atoms with Crippen molar-refractivity contribution in [2.75, 3.05) is 0 Å². The van der Waals surface area contributed by atoms with Crippen LogP contribution in [0.4, 0.5) is 0 Å². The Labute approximate surface area is 282 Å². The monoisotopic (exact) mass is 634 g/mol. The molecule has 0 saturated heterocycles. The molecule has 0 bridgehead atoms. The lowest BCUT2D eigenvalue weighted by atomic mass is 9.65. The molecule has 0 aromatic carbocycles. The number of aliphatic hydroxyl groups is 3. The van der Waals surface area contributed by atoms with Crippen LogP contribution in [-0.4, -0.2) is 27.2 Å². The molecule has 4 heteroatoms. The first-order chi connectivity index (χ1) is 21.4. The van der Waals surface area contributed by atoms with E-state index in [0.717, 1.165) is 44.1 Å². The van der Waals surface area contributed by atoms with Gasteiger partial charge in [-0.25, -0.2) is 0 Å². The van der Waals surface area contributed by atoms with E-state index >= 15 is 0 Å². The zero-order valence-electron chi connectivity index (χ0n) is 31.4. The van der Waals surface area contributed by atoms with Gasteiger partial charge in [0.25, 0.3) is 0 Å². The predicted octanol–water partition coefficient (Wildman–Crippen LogP) is 12.2. The van der Waals surface area contributed by atoms with Crippen molar-refractivity contribution < 1.29 is 20.1 Å². The SMILES string of the molecule is CC(C)=CCC/C(C)=C/CC1=C(O)C(C/C=C(\C)CCC=C(C)C)(C/C=C(\C)CCC(C)=C(C)C)C(O)C(C(=O)CC(C)C)=C1O. The fourth-order valence-corrected chi connectivity index (χ4v) is 5.68. The van der Waals surface area contributed by atoms with Gasteiger partial charge in [-0.05, 0) is 133 Å². The Morgan fingerprint density at radius 3 is 1.65 bits per heavy atom. The number of ketones is 1. The van der Waals surface area contributed by atoms with E-state index in [9.17, 15) is 20.1 Å². The molecule has 0 radical (unpaired) electrons. The van der Waals surface area contributed by atoms with Crippen LogP contribution < -0.4 is 0 Å². The third kappa shape index (κ3) is 13.1. The number of hydrogen-bond acceptors (Lipinski definition) is 4. The summed E-state index contributed by atoms with van der Waals surface area (Å²) in [6.07, 6.45) is 16.0. The van der Waals surface area contributed by atoms with Crippen molar-refractivity contribution in [1.82, 2.24) is 0 Å². The van der Waals surface area contributed by atoms with E-state index in [1.54, 1.807) is 0 Å². The number of carbonyl (C=O) groups is 1. The second-order valence-corrected chi connectivity index (χ2v) is 14.9. The number of allylic oxidation sites excluding steroid dienone is 13. The third-order valence-electron chi connectivity index (χ3n) is 9.20. The summed E-state index contributed by atoms with van der Waals surface area (Å²) in [6.45, 7) is 25.0. The first kappa shape index (κ1) is 41.2. The zero-order chi connectivity index (χ0) is 35.2. The van der Waals surface area contributed by atoms with Gasteiger partial charge in [-0.1, -0.05) is 83.2 Å². The van der Waals surface area contributed by atoms with Crippen LogP contribution in [0.25, 0.3) is 0 Å². The van der Waals surface area contributed by atoms with Crippen LogP contribution in [0, 0.1) is 11.3 Å². The quantitative estimate of drug-likeness (QED) is 0.131. The lowest BCUT2D eigenvalue weighted by Crippen LogP contribution is -2.44. The molecule has 0 spiro atoms. The molecule has 0 aromatic heterocycles. The Kier molecular flexibility index (Phi) is 17.7. The molecule has 2 unspecified atom stereocenters. The van der Waals surface area contributed by atoms with Crippen LogP contribution in [0.2, 0.25) is 0 Å². The Balaban J connectivity index is 3.81. The summed E-state index contributed by atoms with van der Waals surface area (Å²) in [5.74, 6) is -0.469. The van der Waals surface area contributed by atoms with Crippen LogP contribution in [0.1, 0.15) is 147 Å². The maximum atomic E-state index is 13.7. The standard InChI is InChI=1S/C42H66O4/c1-28(2)15-13-17-32(9)20-22-36-39(44)38(37(43)27-30(5)6)41(46)42(40(36)45,25-23-33(10)18-14-16-29(3)4)26-24-34(11)19-21-35(12)31(7)8/h15-16,20,23-24,30,41,44-46H,13-14,17-19,21-22,25-27H2,1-12H3/b32-20+,33-23+,34-24+. The highest BCUT2D eigenvalue weighted by Gasteiger charge is 2.50. The lowest BCUT2D eigenvalue weighted by Gasteiger charge is -2.42. The molecule has 1 aliphatic rings. The summed E-state index contributed by atoms with van der Waals surface area (Å²) in [7, 11) is 0. The maximum Gasteiger partial charge on any atom is 0.165 e. The van der Waals surface area contributed by atoms with E-state index in [2.05, 4.69) is 93.5 Å². The topological polar surface area (TPSA) is 77.8 Å². The van der Waals surface area contributed by atoms with Crippen molar-refractivity contribution in [3.63, 3.8) is 0 Å². The van der Waals surface area contributed by atoms with E-state index in [4.69, 9.17) is 0 Å². The molecule has 0 fully saturated rings. The van der Waals surface area contributed by atoms with Gasteiger partial charge in [-0.3, -0.25) is 4.79 Å². The molecule has 1 aliphatic carbocycles. The van der Waals surface area contributed by atoms with Crippen molar-refractivity contribution in [3.05, 3.63) is 92.1 Å². The predicted molar refractivity (Wildman–Crippen MR) is 198 cm³/mol. The third-order valence-corrected chi connectivity index (χ3v) is 9.20. The summed E-state index contributed by atoms with van der Waals surface area (Å²) >= 11 is 0. The number of carbonyl (C=O) groups excluding carboxylic acids is 1. The van der Waals surface area contributed by atoms with Gasteiger partial charge in [-0.15, -0.1) is 0 Å². The average Bonchev–Trinajstić information content (AvgIpc) is 2.94. The minimum Gasteiger partial charge on any atom is -0.511 e. The fraction of sp³-hybridized carbons (Fsp3) is 0.595. The Morgan fingerprint density at radius 1 is 0.717 bits per heavy atom. The van der Waals surface area contributed by atoms with Crippen LogP contribution >= 0.6 is 0 Å². The van der Waals surface area contributed by atoms with Gasteiger partial charge < -0.3 is 15.3 Å². The molecule has 1 rings (SSSR count). The summed E-state index contributed by atoms with van der Waals surface area (Å²) in [4.78, 5) is 13.7. The first-order valence-corrected chi connectivity index (χ1v) is 17.4. The van der Waals surface area contributed by atoms with Gasteiger partial charge in [0, 0.05) is 12.0 Å². The van der Waals surface area contributed by atoms with Crippen molar-refractivity contribution in [3.8, 4) is 0 Å². The second-order valence-electron chi connectivity index (χ2n) is 14.9. The van der Waals surface area contributed by atoms with Crippen LogP contribution in [-0.2, 0) is 4.79 Å². The summed E-state index contributed by atoms with van der Waals surface area (Å²) < 4.78 is 0. The lowest BCUT2D eigenvalue weighted by molar-refractivity contribution is -0.118. The smallest absolute Gasteiger partial charge is 0.165 e. The highest BCUT2D eigenvalue weighted by Crippen LogP contribution is 2.49. The summed E-state index contributed by atoms with van der Waals surface area (Å²) in [6, 6.07) is 0. The van der Waals surface area contributed by atoms with Crippen molar-refractivity contribution >= 4 is 5.78 Å². The molecule has 258 valence electrons. The second kappa shape index (κ2) is 19.7. The van der Waals surface area contributed by atoms with Gasteiger partial charge in [0.1, 0.15) is 11.5 Å². The van der Waals surface area contributed by atoms with Gasteiger partial charge >= 0.3 is 0 Å². The van der Waals surface area contributed by atoms with Crippen LogP contribution in [0.5, 0.6) is 0 Å². The Morgan fingerprint density at radius 2 is 1.20 bits per heavy atom. The largest absolute Gasteiger partial charge is 0.511 e. The van der Waals surface area contributed by atoms with Crippen molar-refractivity contribution in [2.45, 2.75) is 153 Å². The molecular weight excluding hydrogens is 568 g/mol. The molecule has 4 nitrogen and oxygen atoms in total. The molecule has 3 N–H and O–H groups in total. The Bertz CT molecular complexity index is 1290. The number of hydrogen-bond donors (Lipinski definition) is 3. The summed E-state index contributed by atoms with van der Waals surface area (Å²) in [5, 5.41) is 35.8. The molecule has 0 aromatic rings. The van der Waals surface area contributed by atoms with Gasteiger partial charge in [0.05, 0.1) is 17.1 Å². The highest BCUT2D eigenvalue weighted by molar-refractivity contribution is 5.98. The summed E-state index contributed by atoms with van der Waals surface area (Å²) in [5.41, 5.74) is 7.95. The van der Waals surface area contributed by atoms with E-state index in [0.29, 0.717) is 18.4 Å². The molecule has 0 amide bonds. The molecule has 46 heavy (non-hydrogen) atoms. The van der Waals surface area contributed by atoms with Gasteiger partial charge in [0.15, 0.2) is 5.78 Å². The van der Waals surface area contributed by atoms with Gasteiger partial charge in [-0.2, -0.15) is 0 Å². The van der Waals surface area contributed by atoms with Crippen molar-refractivity contribution in [2.24, 2.45) is 11.3 Å². The molecule has 0 aliphatic heterocycles. The van der Waals surface area contributed by atoms with Crippen LogP contribution in [0.3, 0.4) is 0 Å². The molecule has 0 saturated carbocycles.